The van der Waals surface area contributed by atoms with Gasteiger partial charge in [-0.05, 0) is 31.0 Å². The smallest absolute Gasteiger partial charge is 0.248 e. The van der Waals surface area contributed by atoms with E-state index in [1.165, 1.54) is 0 Å². The van der Waals surface area contributed by atoms with Crippen LogP contribution in [0.25, 0.3) is 0 Å². The fourth-order valence-electron chi connectivity index (χ4n) is 1.80. The average Bonchev–Trinajstić information content (AvgIpc) is 2.44. The summed E-state index contributed by atoms with van der Waals surface area (Å²) in [7, 11) is 1.55. The molecule has 1 rings (SSSR count). The maximum atomic E-state index is 11.8. The Morgan fingerprint density at radius 3 is 2.58 bits per heavy atom. The summed E-state index contributed by atoms with van der Waals surface area (Å²) in [6, 6.07) is 5.19. The van der Waals surface area contributed by atoms with Crippen molar-refractivity contribution in [2.24, 2.45) is 0 Å². The lowest BCUT2D eigenvalue weighted by Gasteiger charge is -2.09. The molecular formula is C15H21NO3. The van der Waals surface area contributed by atoms with Crippen molar-refractivity contribution in [1.82, 2.24) is 0 Å². The predicted molar refractivity (Wildman–Crippen MR) is 76.2 cm³/mol. The lowest BCUT2D eigenvalue weighted by Crippen LogP contribution is -2.09. The van der Waals surface area contributed by atoms with Gasteiger partial charge in [-0.1, -0.05) is 19.4 Å². The predicted octanol–water partition coefficient (Wildman–Crippen LogP) is 2.87. The molecule has 0 unspecified atom stereocenters. The molecule has 0 spiro atoms. The third-order valence-corrected chi connectivity index (χ3v) is 2.96. The second-order valence-corrected chi connectivity index (χ2v) is 4.18. The second kappa shape index (κ2) is 7.59. The van der Waals surface area contributed by atoms with Crippen LogP contribution in [0.1, 0.15) is 32.3 Å². The van der Waals surface area contributed by atoms with E-state index in [4.69, 9.17) is 4.74 Å². The molecule has 4 nitrogen and oxygen atoms in total. The topological polar surface area (TPSA) is 58.6 Å². The zero-order valence-electron chi connectivity index (χ0n) is 11.7. The van der Waals surface area contributed by atoms with E-state index < -0.39 is 0 Å². The summed E-state index contributed by atoms with van der Waals surface area (Å²) in [5, 5.41) is 12.0. The summed E-state index contributed by atoms with van der Waals surface area (Å²) in [6.07, 6.45) is 3.37. The molecule has 0 saturated carbocycles. The lowest BCUT2D eigenvalue weighted by molar-refractivity contribution is -0.112. The van der Waals surface area contributed by atoms with E-state index in [2.05, 4.69) is 5.32 Å². The van der Waals surface area contributed by atoms with E-state index in [1.54, 1.807) is 31.4 Å². The summed E-state index contributed by atoms with van der Waals surface area (Å²) in [5.41, 5.74) is 2.40. The summed E-state index contributed by atoms with van der Waals surface area (Å²) in [5.74, 6) is 0.464. The average molecular weight is 263 g/mol. The number of nitrogens with one attached hydrogen (secondary N) is 1. The number of benzene rings is 1. The molecule has 104 valence electrons. The third-order valence-electron chi connectivity index (χ3n) is 2.96. The fourth-order valence-corrected chi connectivity index (χ4v) is 1.80. The molecular weight excluding hydrogens is 242 g/mol. The molecule has 0 radical (unpaired) electrons. The van der Waals surface area contributed by atoms with Gasteiger partial charge in [-0.2, -0.15) is 0 Å². The number of carbonyl (C=O) groups is 1. The molecule has 1 aromatic carbocycles. The minimum Gasteiger partial charge on any atom is -0.496 e. The third kappa shape index (κ3) is 4.41. The van der Waals surface area contributed by atoms with Crippen molar-refractivity contribution in [3.05, 3.63) is 35.4 Å². The first-order chi connectivity index (χ1) is 9.14. The Morgan fingerprint density at radius 1 is 1.37 bits per heavy atom. The Morgan fingerprint density at radius 2 is 2.05 bits per heavy atom. The fraction of sp³-hybridized carbons (Fsp3) is 0.400. The number of allylic oxidation sites excluding steroid dienone is 1. The maximum absolute atomic E-state index is 11.8. The Balaban J connectivity index is 2.83. The van der Waals surface area contributed by atoms with Gasteiger partial charge in [-0.3, -0.25) is 4.79 Å². The number of aliphatic hydroxyl groups is 1. The van der Waals surface area contributed by atoms with Crippen molar-refractivity contribution in [2.45, 2.75) is 33.3 Å². The summed E-state index contributed by atoms with van der Waals surface area (Å²) >= 11 is 0. The van der Waals surface area contributed by atoms with Gasteiger partial charge in [0.1, 0.15) is 5.75 Å². The Labute approximate surface area is 114 Å². The van der Waals surface area contributed by atoms with Crippen LogP contribution in [0.2, 0.25) is 0 Å². The van der Waals surface area contributed by atoms with E-state index in [0.717, 1.165) is 18.4 Å². The van der Waals surface area contributed by atoms with Crippen LogP contribution >= 0.6 is 0 Å². The number of ether oxygens (including phenoxy) is 1. The van der Waals surface area contributed by atoms with Crippen LogP contribution in [0.4, 0.5) is 5.69 Å². The van der Waals surface area contributed by atoms with Crippen LogP contribution in [-0.4, -0.2) is 18.1 Å². The molecule has 0 aliphatic heterocycles. The van der Waals surface area contributed by atoms with E-state index in [1.807, 2.05) is 13.8 Å². The summed E-state index contributed by atoms with van der Waals surface area (Å²) in [6.45, 7) is 3.93. The Kier molecular flexibility index (Phi) is 6.09. The summed E-state index contributed by atoms with van der Waals surface area (Å²) in [4.78, 5) is 11.8. The highest BCUT2D eigenvalue weighted by atomic mass is 16.5. The Hall–Kier alpha value is -1.81. The van der Waals surface area contributed by atoms with Crippen LogP contribution in [0.5, 0.6) is 5.75 Å². The second-order valence-electron chi connectivity index (χ2n) is 4.18. The van der Waals surface area contributed by atoms with Gasteiger partial charge in [0, 0.05) is 17.3 Å². The molecule has 19 heavy (non-hydrogen) atoms. The largest absolute Gasteiger partial charge is 0.496 e. The quantitative estimate of drug-likeness (QED) is 0.776. The van der Waals surface area contributed by atoms with Gasteiger partial charge in [0.15, 0.2) is 0 Å². The van der Waals surface area contributed by atoms with E-state index in [0.29, 0.717) is 17.0 Å². The van der Waals surface area contributed by atoms with Crippen molar-refractivity contribution in [3.8, 4) is 5.75 Å². The number of methoxy groups -OCH3 is 1. The Bertz CT molecular complexity index is 460. The van der Waals surface area contributed by atoms with Crippen LogP contribution in [-0.2, 0) is 11.4 Å². The molecule has 0 aromatic heterocycles. The first-order valence-corrected chi connectivity index (χ1v) is 6.42. The SMILES string of the molecule is CCC(=CC(=O)Nc1ccc(OC)c(CO)c1)CC. The van der Waals surface area contributed by atoms with Crippen molar-refractivity contribution in [2.75, 3.05) is 12.4 Å². The zero-order valence-corrected chi connectivity index (χ0v) is 11.7. The normalized spacial score (nSPS) is 9.89. The van der Waals surface area contributed by atoms with Gasteiger partial charge in [-0.25, -0.2) is 0 Å². The molecule has 0 bridgehead atoms. The van der Waals surface area contributed by atoms with Crippen LogP contribution in [0, 0.1) is 0 Å². The van der Waals surface area contributed by atoms with Gasteiger partial charge < -0.3 is 15.2 Å². The van der Waals surface area contributed by atoms with Gasteiger partial charge in [-0.15, -0.1) is 0 Å². The monoisotopic (exact) mass is 263 g/mol. The molecule has 0 heterocycles. The van der Waals surface area contributed by atoms with E-state index in [9.17, 15) is 9.90 Å². The number of hydrogen-bond donors (Lipinski definition) is 2. The molecule has 0 atom stereocenters. The molecule has 0 fully saturated rings. The number of hydrogen-bond acceptors (Lipinski definition) is 3. The molecule has 1 amide bonds. The first kappa shape index (κ1) is 15.2. The van der Waals surface area contributed by atoms with Crippen LogP contribution < -0.4 is 10.1 Å². The number of carbonyl (C=O) groups excluding carboxylic acids is 1. The first-order valence-electron chi connectivity index (χ1n) is 6.42. The van der Waals surface area contributed by atoms with Crippen molar-refractivity contribution < 1.29 is 14.6 Å². The minimum atomic E-state index is -0.146. The van der Waals surface area contributed by atoms with Gasteiger partial charge in [0.25, 0.3) is 0 Å². The molecule has 1 aromatic rings. The highest BCUT2D eigenvalue weighted by Gasteiger charge is 2.05. The van der Waals surface area contributed by atoms with Gasteiger partial charge >= 0.3 is 0 Å². The molecule has 0 saturated heterocycles. The van der Waals surface area contributed by atoms with Crippen LogP contribution in [0.15, 0.2) is 29.8 Å². The lowest BCUT2D eigenvalue weighted by atomic mass is 10.1. The number of anilines is 1. The zero-order chi connectivity index (χ0) is 14.3. The number of amides is 1. The molecule has 0 aliphatic carbocycles. The van der Waals surface area contributed by atoms with Gasteiger partial charge in [0.2, 0.25) is 5.91 Å². The molecule has 4 heteroatoms. The molecule has 2 N–H and O–H groups in total. The highest BCUT2D eigenvalue weighted by Crippen LogP contribution is 2.22. The maximum Gasteiger partial charge on any atom is 0.248 e. The van der Waals surface area contributed by atoms with Crippen molar-refractivity contribution >= 4 is 11.6 Å². The summed E-state index contributed by atoms with van der Waals surface area (Å²) < 4.78 is 5.11. The van der Waals surface area contributed by atoms with E-state index in [-0.39, 0.29) is 12.5 Å². The highest BCUT2D eigenvalue weighted by molar-refractivity contribution is 5.99. The minimum absolute atomic E-state index is 0.127. The van der Waals surface area contributed by atoms with Crippen molar-refractivity contribution in [3.63, 3.8) is 0 Å². The van der Waals surface area contributed by atoms with E-state index >= 15 is 0 Å². The standard InChI is InChI=1S/C15H21NO3/c1-4-11(5-2)8-15(18)16-13-6-7-14(19-3)12(9-13)10-17/h6-9,17H,4-5,10H2,1-3H3,(H,16,18). The number of aliphatic hydroxyl groups excluding tert-OH is 1. The van der Waals surface area contributed by atoms with Crippen molar-refractivity contribution in [1.29, 1.82) is 0 Å². The number of rotatable bonds is 6. The van der Waals surface area contributed by atoms with Crippen LogP contribution in [0.3, 0.4) is 0 Å². The van der Waals surface area contributed by atoms with Gasteiger partial charge in [0.05, 0.1) is 13.7 Å². The molecule has 0 aliphatic rings.